The molecule has 0 aliphatic carbocycles. The highest BCUT2D eigenvalue weighted by Gasteiger charge is 2.18. The number of fused-ring (bicyclic) bond motifs is 3. The molecule has 0 radical (unpaired) electrons. The minimum Gasteiger partial charge on any atom is -0.463 e. The van der Waals surface area contributed by atoms with Gasteiger partial charge in [0.05, 0.1) is 17.5 Å². The first-order valence-corrected chi connectivity index (χ1v) is 9.17. The van der Waals surface area contributed by atoms with Crippen molar-refractivity contribution in [3.8, 4) is 11.5 Å². The smallest absolute Gasteiger partial charge is 0.277 e. The Bertz CT molecular complexity index is 1510. The van der Waals surface area contributed by atoms with E-state index >= 15 is 0 Å². The summed E-state index contributed by atoms with van der Waals surface area (Å²) in [7, 11) is 0. The maximum absolute atomic E-state index is 13.9. The van der Waals surface area contributed by atoms with Crippen molar-refractivity contribution in [2.45, 2.75) is 6.54 Å². The number of amides is 1. The van der Waals surface area contributed by atoms with Crippen molar-refractivity contribution in [1.29, 1.82) is 0 Å². The molecule has 4 aromatic heterocycles. The van der Waals surface area contributed by atoms with E-state index in [0.717, 1.165) is 12.1 Å². The topological polar surface area (TPSA) is 94.4 Å². The predicted molar refractivity (Wildman–Crippen MR) is 107 cm³/mol. The highest BCUT2D eigenvalue weighted by molar-refractivity contribution is 5.91. The number of nitrogens with one attached hydrogen (secondary N) is 1. The number of anilines is 1. The molecule has 8 nitrogen and oxygen atoms in total. The summed E-state index contributed by atoms with van der Waals surface area (Å²) in [5.74, 6) is -1.86. The Balaban J connectivity index is 1.59. The van der Waals surface area contributed by atoms with Gasteiger partial charge >= 0.3 is 0 Å². The molecule has 0 fully saturated rings. The quantitative estimate of drug-likeness (QED) is 0.481. The van der Waals surface area contributed by atoms with Crippen LogP contribution in [0.4, 0.5) is 14.5 Å². The second-order valence-corrected chi connectivity index (χ2v) is 6.71. The monoisotopic (exact) mass is 421 g/mol. The van der Waals surface area contributed by atoms with E-state index in [1.54, 1.807) is 36.5 Å². The zero-order chi connectivity index (χ0) is 21.5. The fourth-order valence-electron chi connectivity index (χ4n) is 3.33. The standard InChI is InChI=1S/C21H13F2N5O3/c22-12-5-6-14(13(23)9-12)25-19(29)11-27-16-3-1-7-24-20(16)28-17(21(27)30)10-15(26-28)18-4-2-8-31-18/h1-10H,11H2,(H,25,29). The van der Waals surface area contributed by atoms with Crippen molar-refractivity contribution in [3.63, 3.8) is 0 Å². The molecular weight excluding hydrogens is 408 g/mol. The Morgan fingerprint density at radius 3 is 2.74 bits per heavy atom. The normalized spacial score (nSPS) is 11.3. The van der Waals surface area contributed by atoms with Crippen molar-refractivity contribution in [1.82, 2.24) is 19.2 Å². The summed E-state index contributed by atoms with van der Waals surface area (Å²) in [5, 5.41) is 6.77. The predicted octanol–water partition coefficient (Wildman–Crippen LogP) is 3.22. The van der Waals surface area contributed by atoms with E-state index in [1.807, 2.05) is 0 Å². The zero-order valence-electron chi connectivity index (χ0n) is 15.8. The Morgan fingerprint density at radius 1 is 1.10 bits per heavy atom. The summed E-state index contributed by atoms with van der Waals surface area (Å²) in [6, 6.07) is 11.0. The van der Waals surface area contributed by atoms with Crippen molar-refractivity contribution in [3.05, 3.63) is 83.0 Å². The summed E-state index contributed by atoms with van der Waals surface area (Å²) in [4.78, 5) is 30.0. The van der Waals surface area contributed by atoms with E-state index in [4.69, 9.17) is 4.42 Å². The lowest BCUT2D eigenvalue weighted by Crippen LogP contribution is -2.29. The second kappa shape index (κ2) is 7.17. The van der Waals surface area contributed by atoms with E-state index in [9.17, 15) is 18.4 Å². The van der Waals surface area contributed by atoms with E-state index in [2.05, 4.69) is 15.4 Å². The van der Waals surface area contributed by atoms with Crippen molar-refractivity contribution >= 4 is 28.3 Å². The fraction of sp³-hybridized carbons (Fsp3) is 0.0476. The fourth-order valence-corrected chi connectivity index (χ4v) is 3.33. The van der Waals surface area contributed by atoms with Gasteiger partial charge in [-0.1, -0.05) is 0 Å². The molecule has 4 heterocycles. The highest BCUT2D eigenvalue weighted by Crippen LogP contribution is 2.21. The van der Waals surface area contributed by atoms with Crippen LogP contribution in [0.3, 0.4) is 0 Å². The van der Waals surface area contributed by atoms with Gasteiger partial charge in [-0.15, -0.1) is 0 Å². The largest absolute Gasteiger partial charge is 0.463 e. The molecule has 10 heteroatoms. The number of hydrogen-bond donors (Lipinski definition) is 1. The third-order valence-corrected chi connectivity index (χ3v) is 4.71. The number of aromatic nitrogens is 4. The molecule has 0 aliphatic heterocycles. The molecule has 1 aromatic carbocycles. The average molecular weight is 421 g/mol. The van der Waals surface area contributed by atoms with Gasteiger partial charge in [0.25, 0.3) is 5.56 Å². The first-order valence-electron chi connectivity index (χ1n) is 9.17. The Morgan fingerprint density at radius 2 is 1.97 bits per heavy atom. The Hall–Kier alpha value is -4.34. The second-order valence-electron chi connectivity index (χ2n) is 6.71. The van der Waals surface area contributed by atoms with Gasteiger partial charge in [-0.2, -0.15) is 5.10 Å². The number of pyridine rings is 1. The van der Waals surface area contributed by atoms with Crippen molar-refractivity contribution in [2.75, 3.05) is 5.32 Å². The van der Waals surface area contributed by atoms with Crippen LogP contribution >= 0.6 is 0 Å². The third-order valence-electron chi connectivity index (χ3n) is 4.71. The van der Waals surface area contributed by atoms with Gasteiger partial charge in [-0.05, 0) is 36.4 Å². The minimum absolute atomic E-state index is 0.188. The molecule has 5 aromatic rings. The molecule has 1 N–H and O–H groups in total. The van der Waals surface area contributed by atoms with Crippen LogP contribution in [0.25, 0.3) is 28.1 Å². The van der Waals surface area contributed by atoms with Crippen LogP contribution in [0.1, 0.15) is 0 Å². The van der Waals surface area contributed by atoms with Gasteiger partial charge in [0, 0.05) is 18.3 Å². The summed E-state index contributed by atoms with van der Waals surface area (Å²) in [6.07, 6.45) is 3.03. The number of halogens is 2. The molecular formula is C21H13F2N5O3. The lowest BCUT2D eigenvalue weighted by atomic mass is 10.3. The number of nitrogens with zero attached hydrogens (tertiary/aromatic N) is 4. The number of benzene rings is 1. The molecule has 1 amide bonds. The van der Waals surface area contributed by atoms with Gasteiger partial charge in [0.2, 0.25) is 5.91 Å². The summed E-state index contributed by atoms with van der Waals surface area (Å²) < 4.78 is 34.9. The van der Waals surface area contributed by atoms with Gasteiger partial charge in [-0.3, -0.25) is 14.2 Å². The molecule has 31 heavy (non-hydrogen) atoms. The summed E-state index contributed by atoms with van der Waals surface area (Å²) in [5.41, 5.74) is 0.676. The van der Waals surface area contributed by atoms with Crippen LogP contribution in [0.15, 0.2) is 70.2 Å². The van der Waals surface area contributed by atoms with Crippen LogP contribution in [-0.2, 0) is 11.3 Å². The van der Waals surface area contributed by atoms with E-state index in [0.29, 0.717) is 28.7 Å². The molecule has 0 aliphatic rings. The van der Waals surface area contributed by atoms with E-state index < -0.39 is 29.6 Å². The van der Waals surface area contributed by atoms with Crippen LogP contribution < -0.4 is 10.9 Å². The van der Waals surface area contributed by atoms with Crippen LogP contribution in [0, 0.1) is 11.6 Å². The lowest BCUT2D eigenvalue weighted by molar-refractivity contribution is -0.116. The van der Waals surface area contributed by atoms with Crippen LogP contribution in [0.2, 0.25) is 0 Å². The van der Waals surface area contributed by atoms with E-state index in [1.165, 1.54) is 15.3 Å². The molecule has 0 bridgehead atoms. The molecule has 0 spiro atoms. The molecule has 0 unspecified atom stereocenters. The van der Waals surface area contributed by atoms with E-state index in [-0.39, 0.29) is 11.2 Å². The maximum atomic E-state index is 13.9. The summed E-state index contributed by atoms with van der Waals surface area (Å²) >= 11 is 0. The number of rotatable bonds is 4. The van der Waals surface area contributed by atoms with Gasteiger partial charge < -0.3 is 9.73 Å². The highest BCUT2D eigenvalue weighted by atomic mass is 19.1. The first-order chi connectivity index (χ1) is 15.0. The average Bonchev–Trinajstić information content (AvgIpc) is 3.43. The zero-order valence-corrected chi connectivity index (χ0v) is 15.8. The van der Waals surface area contributed by atoms with Crippen molar-refractivity contribution in [2.24, 2.45) is 0 Å². The molecule has 0 saturated carbocycles. The van der Waals surface area contributed by atoms with Crippen LogP contribution in [0.5, 0.6) is 0 Å². The molecule has 154 valence electrons. The number of furan rings is 1. The lowest BCUT2D eigenvalue weighted by Gasteiger charge is -2.11. The summed E-state index contributed by atoms with van der Waals surface area (Å²) in [6.45, 7) is -0.407. The third kappa shape index (κ3) is 3.23. The first kappa shape index (κ1) is 18.7. The van der Waals surface area contributed by atoms with Gasteiger partial charge in [0.15, 0.2) is 11.4 Å². The van der Waals surface area contributed by atoms with Gasteiger partial charge in [-0.25, -0.2) is 18.3 Å². The molecule has 5 rings (SSSR count). The Kier molecular flexibility index (Phi) is 4.32. The number of carbonyl (C=O) groups excluding carboxylic acids is 1. The molecule has 0 saturated heterocycles. The SMILES string of the molecule is O=C(Cn1c(=O)c2cc(-c3ccco3)nn2c2ncccc21)Nc1ccc(F)cc1F. The van der Waals surface area contributed by atoms with Crippen molar-refractivity contribution < 1.29 is 18.0 Å². The molecule has 0 atom stereocenters. The Labute approximate surface area is 172 Å². The van der Waals surface area contributed by atoms with Gasteiger partial charge in [0.1, 0.15) is 29.4 Å². The minimum atomic E-state index is -0.915. The maximum Gasteiger partial charge on any atom is 0.277 e. The number of carbonyl (C=O) groups is 1. The van der Waals surface area contributed by atoms with Crippen LogP contribution in [-0.4, -0.2) is 25.1 Å². The number of hydrogen-bond acceptors (Lipinski definition) is 5.